The first-order valence-electron chi connectivity index (χ1n) is 11.5. The van der Waals surface area contributed by atoms with Crippen molar-refractivity contribution in [2.45, 2.75) is 129 Å². The topological polar surface area (TPSA) is 60.8 Å². The van der Waals surface area contributed by atoms with Gasteiger partial charge in [-0.15, -0.1) is 0 Å². The second kappa shape index (κ2) is 18.7. The molecule has 0 saturated carbocycles. The van der Waals surface area contributed by atoms with E-state index in [9.17, 15) is 4.79 Å². The first-order chi connectivity index (χ1) is 13.0. The van der Waals surface area contributed by atoms with E-state index in [-0.39, 0.29) is 18.5 Å². The fraction of sp³-hybridized carbons (Fsp3) is 0.913. The van der Waals surface area contributed by atoms with Gasteiger partial charge in [0.2, 0.25) is 5.91 Å². The Bertz CT molecular complexity index is 332. The van der Waals surface area contributed by atoms with Crippen LogP contribution in [0.15, 0.2) is 0 Å². The summed E-state index contributed by atoms with van der Waals surface area (Å²) in [6, 6.07) is -0.240. The first-order valence-corrected chi connectivity index (χ1v) is 11.5. The van der Waals surface area contributed by atoms with E-state index in [4.69, 9.17) is 10.2 Å². The SMILES string of the molecule is [CH2]C(C)N(CC(O)O)C(=O)CCCCCCCCCCCCCCCCC. The zero-order chi connectivity index (χ0) is 20.3. The Labute approximate surface area is 168 Å². The van der Waals surface area contributed by atoms with Crippen molar-refractivity contribution in [2.24, 2.45) is 0 Å². The number of rotatable bonds is 19. The normalized spacial score (nSPS) is 11.5. The minimum atomic E-state index is -1.49. The largest absolute Gasteiger partial charge is 0.367 e. The van der Waals surface area contributed by atoms with Gasteiger partial charge < -0.3 is 15.1 Å². The standard InChI is InChI=1S/C23H46NO3/c1-4-5-6-7-8-9-10-11-12-13-14-15-16-17-18-19-22(25)24(21(2)3)20-23(26)27/h21,23,26-27H,2,4-20H2,1,3H3. The van der Waals surface area contributed by atoms with Crippen molar-refractivity contribution in [1.82, 2.24) is 4.90 Å². The van der Waals surface area contributed by atoms with Crippen LogP contribution in [0.1, 0.15) is 117 Å². The molecule has 0 aliphatic carbocycles. The number of aliphatic hydroxyl groups is 2. The molecule has 4 heteroatoms. The van der Waals surface area contributed by atoms with Crippen LogP contribution in [-0.2, 0) is 4.79 Å². The first kappa shape index (κ1) is 26.4. The highest BCUT2D eigenvalue weighted by Gasteiger charge is 2.18. The van der Waals surface area contributed by atoms with Crippen molar-refractivity contribution in [2.75, 3.05) is 6.54 Å². The van der Waals surface area contributed by atoms with Crippen LogP contribution < -0.4 is 0 Å². The fourth-order valence-corrected chi connectivity index (χ4v) is 3.49. The quantitative estimate of drug-likeness (QED) is 0.225. The summed E-state index contributed by atoms with van der Waals surface area (Å²) >= 11 is 0. The van der Waals surface area contributed by atoms with Crippen molar-refractivity contribution >= 4 is 5.91 Å². The summed E-state index contributed by atoms with van der Waals surface area (Å²) in [7, 11) is 0. The molecular formula is C23H46NO3. The van der Waals surface area contributed by atoms with Crippen molar-refractivity contribution in [3.8, 4) is 0 Å². The van der Waals surface area contributed by atoms with Crippen LogP contribution in [-0.4, -0.2) is 39.9 Å². The molecule has 0 spiro atoms. The molecule has 0 aromatic carbocycles. The number of nitrogens with zero attached hydrogens (tertiary/aromatic N) is 1. The van der Waals surface area contributed by atoms with E-state index < -0.39 is 6.29 Å². The van der Waals surface area contributed by atoms with Crippen molar-refractivity contribution in [3.05, 3.63) is 6.92 Å². The van der Waals surface area contributed by atoms with Gasteiger partial charge in [0.1, 0.15) is 0 Å². The monoisotopic (exact) mass is 384 g/mol. The maximum Gasteiger partial charge on any atom is 0.222 e. The van der Waals surface area contributed by atoms with E-state index in [1.807, 2.05) is 0 Å². The second-order valence-electron chi connectivity index (χ2n) is 8.08. The number of amides is 1. The lowest BCUT2D eigenvalue weighted by Gasteiger charge is -2.27. The number of aliphatic hydroxyl groups excluding tert-OH is 1. The zero-order valence-corrected chi connectivity index (χ0v) is 18.1. The summed E-state index contributed by atoms with van der Waals surface area (Å²) in [6.07, 6.45) is 18.6. The Balaban J connectivity index is 3.40. The van der Waals surface area contributed by atoms with Crippen molar-refractivity contribution in [3.63, 3.8) is 0 Å². The van der Waals surface area contributed by atoms with Gasteiger partial charge in [-0.05, 0) is 20.3 Å². The Kier molecular flexibility index (Phi) is 18.3. The highest BCUT2D eigenvalue weighted by atomic mass is 16.5. The van der Waals surface area contributed by atoms with Crippen molar-refractivity contribution < 1.29 is 15.0 Å². The maximum absolute atomic E-state index is 12.1. The molecule has 0 aliphatic rings. The van der Waals surface area contributed by atoms with Crippen LogP contribution in [0, 0.1) is 6.92 Å². The van der Waals surface area contributed by atoms with Crippen LogP contribution >= 0.6 is 0 Å². The van der Waals surface area contributed by atoms with E-state index in [1.165, 1.54) is 88.4 Å². The third-order valence-electron chi connectivity index (χ3n) is 5.21. The number of carbonyl (C=O) groups excluding carboxylic acids is 1. The Hall–Kier alpha value is -0.610. The molecule has 0 aromatic heterocycles. The van der Waals surface area contributed by atoms with Gasteiger partial charge in [0, 0.05) is 12.5 Å². The summed E-state index contributed by atoms with van der Waals surface area (Å²) in [5.41, 5.74) is 0. The van der Waals surface area contributed by atoms with Crippen LogP contribution in [0.2, 0.25) is 0 Å². The van der Waals surface area contributed by atoms with Gasteiger partial charge in [-0.3, -0.25) is 4.79 Å². The average Bonchev–Trinajstić information content (AvgIpc) is 2.62. The van der Waals surface area contributed by atoms with Crippen LogP contribution in [0.4, 0.5) is 0 Å². The molecule has 4 nitrogen and oxygen atoms in total. The molecule has 0 aromatic rings. The summed E-state index contributed by atoms with van der Waals surface area (Å²) in [5, 5.41) is 18.1. The molecule has 0 saturated heterocycles. The van der Waals surface area contributed by atoms with E-state index in [1.54, 1.807) is 6.92 Å². The van der Waals surface area contributed by atoms with Crippen LogP contribution in [0.3, 0.4) is 0 Å². The third kappa shape index (κ3) is 17.2. The molecule has 0 fully saturated rings. The van der Waals surface area contributed by atoms with Crippen LogP contribution in [0.25, 0.3) is 0 Å². The average molecular weight is 385 g/mol. The predicted molar refractivity (Wildman–Crippen MR) is 114 cm³/mol. The number of unbranched alkanes of at least 4 members (excludes halogenated alkanes) is 14. The lowest BCUT2D eigenvalue weighted by Crippen LogP contribution is -2.42. The zero-order valence-electron chi connectivity index (χ0n) is 18.1. The summed E-state index contributed by atoms with van der Waals surface area (Å²) in [5.74, 6) is -0.0275. The molecule has 0 rings (SSSR count). The predicted octanol–water partition coefficient (Wildman–Crippen LogP) is 5.61. The maximum atomic E-state index is 12.1. The highest BCUT2D eigenvalue weighted by Crippen LogP contribution is 2.14. The number of carbonyl (C=O) groups is 1. The van der Waals surface area contributed by atoms with E-state index in [2.05, 4.69) is 13.8 Å². The van der Waals surface area contributed by atoms with Gasteiger partial charge in [0.15, 0.2) is 6.29 Å². The van der Waals surface area contributed by atoms with Crippen LogP contribution in [0.5, 0.6) is 0 Å². The highest BCUT2D eigenvalue weighted by molar-refractivity contribution is 5.76. The molecule has 161 valence electrons. The van der Waals surface area contributed by atoms with E-state index >= 15 is 0 Å². The summed E-state index contributed by atoms with van der Waals surface area (Å²) in [6.45, 7) is 7.83. The molecule has 0 heterocycles. The summed E-state index contributed by atoms with van der Waals surface area (Å²) in [4.78, 5) is 13.6. The van der Waals surface area contributed by atoms with E-state index in [0.717, 1.165) is 12.8 Å². The van der Waals surface area contributed by atoms with Crippen molar-refractivity contribution in [1.29, 1.82) is 0 Å². The molecule has 1 unspecified atom stereocenters. The lowest BCUT2D eigenvalue weighted by molar-refractivity contribution is -0.139. The smallest absolute Gasteiger partial charge is 0.222 e. The van der Waals surface area contributed by atoms with Gasteiger partial charge in [-0.1, -0.05) is 96.8 Å². The molecule has 1 amide bonds. The summed E-state index contributed by atoms with van der Waals surface area (Å²) < 4.78 is 0. The van der Waals surface area contributed by atoms with Gasteiger partial charge in [0.25, 0.3) is 0 Å². The van der Waals surface area contributed by atoms with Gasteiger partial charge in [0.05, 0.1) is 6.54 Å². The van der Waals surface area contributed by atoms with Gasteiger partial charge in [-0.2, -0.15) is 0 Å². The fourth-order valence-electron chi connectivity index (χ4n) is 3.49. The lowest BCUT2D eigenvalue weighted by atomic mass is 10.0. The van der Waals surface area contributed by atoms with Gasteiger partial charge in [-0.25, -0.2) is 0 Å². The Morgan fingerprint density at radius 1 is 0.778 bits per heavy atom. The molecule has 0 aliphatic heterocycles. The molecular weight excluding hydrogens is 338 g/mol. The molecule has 1 radical (unpaired) electrons. The third-order valence-corrected chi connectivity index (χ3v) is 5.21. The van der Waals surface area contributed by atoms with E-state index in [0.29, 0.717) is 6.42 Å². The number of hydrogen-bond donors (Lipinski definition) is 2. The van der Waals surface area contributed by atoms with Gasteiger partial charge >= 0.3 is 0 Å². The number of hydrogen-bond acceptors (Lipinski definition) is 3. The minimum Gasteiger partial charge on any atom is -0.367 e. The Morgan fingerprint density at radius 2 is 1.15 bits per heavy atom. The second-order valence-corrected chi connectivity index (χ2v) is 8.08. The molecule has 1 atom stereocenters. The molecule has 0 bridgehead atoms. The molecule has 2 N–H and O–H groups in total. The Morgan fingerprint density at radius 3 is 1.48 bits per heavy atom. The minimum absolute atomic E-state index is 0.0275. The molecule has 27 heavy (non-hydrogen) atoms.